The zero-order valence-corrected chi connectivity index (χ0v) is 17.6. The number of hydrogen-bond donors (Lipinski definition) is 1. The van der Waals surface area contributed by atoms with Gasteiger partial charge in [0.25, 0.3) is 11.8 Å². The highest BCUT2D eigenvalue weighted by Crippen LogP contribution is 2.35. The minimum atomic E-state index is -4.17. The second-order valence-electron chi connectivity index (χ2n) is 7.39. The lowest BCUT2D eigenvalue weighted by atomic mass is 10.0. The number of rotatable bonds is 4. The number of amides is 2. The number of aromatic nitrogens is 1. The van der Waals surface area contributed by atoms with Crippen molar-refractivity contribution in [2.24, 2.45) is 0 Å². The molecule has 0 atom stereocenters. The summed E-state index contributed by atoms with van der Waals surface area (Å²) in [5.74, 6) is -8.27. The lowest BCUT2D eigenvalue weighted by Crippen LogP contribution is -2.44. The molecule has 0 spiro atoms. The number of carbonyl (C=O) groups is 2. The number of nitrogens with one attached hydrogen (secondary N) is 1. The monoisotopic (exact) mass is 463 g/mol. The average Bonchev–Trinajstić information content (AvgIpc) is 3.23. The normalized spacial score (nSPS) is 13.6. The zero-order chi connectivity index (χ0) is 23.0. The number of fused-ring (bicyclic) bond motifs is 1. The second kappa shape index (κ2) is 8.34. The number of aryl methyl sites for hydroxylation is 1. The molecule has 10 heteroatoms. The van der Waals surface area contributed by atoms with Crippen LogP contribution in [0.4, 0.5) is 23.2 Å². The summed E-state index contributed by atoms with van der Waals surface area (Å²) >= 11 is 1.26. The van der Waals surface area contributed by atoms with E-state index in [1.165, 1.54) is 30.4 Å². The van der Waals surface area contributed by atoms with Crippen molar-refractivity contribution in [3.05, 3.63) is 80.8 Å². The molecule has 3 aromatic rings. The SMILES string of the molecule is Cc1cc(NC(=O)c2ccc(F)c(C(F)(F)C(=O)N3CCc4ncsc4C3)c2)ccc1F. The summed E-state index contributed by atoms with van der Waals surface area (Å²) in [4.78, 5) is 30.9. The van der Waals surface area contributed by atoms with Crippen molar-refractivity contribution in [2.75, 3.05) is 11.9 Å². The van der Waals surface area contributed by atoms with Gasteiger partial charge in [-0.1, -0.05) is 0 Å². The van der Waals surface area contributed by atoms with Gasteiger partial charge in [0.05, 0.1) is 23.3 Å². The van der Waals surface area contributed by atoms with E-state index in [4.69, 9.17) is 0 Å². The van der Waals surface area contributed by atoms with Crippen molar-refractivity contribution in [1.82, 2.24) is 9.88 Å². The molecule has 0 bridgehead atoms. The van der Waals surface area contributed by atoms with Gasteiger partial charge in [0.2, 0.25) is 0 Å². The van der Waals surface area contributed by atoms with Crippen LogP contribution >= 0.6 is 11.3 Å². The van der Waals surface area contributed by atoms with Gasteiger partial charge in [0, 0.05) is 29.1 Å². The quantitative estimate of drug-likeness (QED) is 0.573. The topological polar surface area (TPSA) is 62.3 Å². The molecule has 0 aliphatic carbocycles. The smallest absolute Gasteiger partial charge is 0.332 e. The van der Waals surface area contributed by atoms with Crippen molar-refractivity contribution in [1.29, 1.82) is 0 Å². The van der Waals surface area contributed by atoms with Crippen LogP contribution in [0.15, 0.2) is 41.9 Å². The summed E-state index contributed by atoms with van der Waals surface area (Å²) in [7, 11) is 0. The van der Waals surface area contributed by atoms with Crippen molar-refractivity contribution in [2.45, 2.75) is 25.8 Å². The molecule has 2 heterocycles. The number of alkyl halides is 2. The lowest BCUT2D eigenvalue weighted by molar-refractivity contribution is -0.160. The Bertz CT molecular complexity index is 1210. The van der Waals surface area contributed by atoms with Crippen molar-refractivity contribution < 1.29 is 27.2 Å². The van der Waals surface area contributed by atoms with Crippen LogP contribution < -0.4 is 5.32 Å². The van der Waals surface area contributed by atoms with E-state index >= 15 is 8.78 Å². The average molecular weight is 463 g/mol. The van der Waals surface area contributed by atoms with Crippen LogP contribution in [-0.2, 0) is 23.7 Å². The third-order valence-corrected chi connectivity index (χ3v) is 6.08. The molecule has 1 aliphatic rings. The van der Waals surface area contributed by atoms with Gasteiger partial charge >= 0.3 is 5.92 Å². The molecular weight excluding hydrogens is 446 g/mol. The van der Waals surface area contributed by atoms with Gasteiger partial charge < -0.3 is 10.2 Å². The molecule has 1 aliphatic heterocycles. The molecule has 0 radical (unpaired) electrons. The number of thiazole rings is 1. The molecule has 0 fully saturated rings. The Labute approximate surface area is 184 Å². The number of nitrogens with zero attached hydrogens (tertiary/aromatic N) is 2. The molecule has 1 N–H and O–H groups in total. The van der Waals surface area contributed by atoms with Crippen LogP contribution in [0.5, 0.6) is 0 Å². The van der Waals surface area contributed by atoms with Gasteiger partial charge in [-0.05, 0) is 48.9 Å². The Kier molecular flexibility index (Phi) is 5.72. The molecule has 2 amide bonds. The highest BCUT2D eigenvalue weighted by Gasteiger charge is 2.47. The van der Waals surface area contributed by atoms with E-state index in [-0.39, 0.29) is 29.9 Å². The van der Waals surface area contributed by atoms with Gasteiger partial charge in [-0.25, -0.2) is 13.8 Å². The van der Waals surface area contributed by atoms with Crippen LogP contribution in [0.1, 0.15) is 32.1 Å². The molecule has 0 saturated heterocycles. The minimum Gasteiger partial charge on any atom is -0.332 e. The molecule has 166 valence electrons. The molecule has 5 nitrogen and oxygen atoms in total. The number of halogens is 4. The summed E-state index contributed by atoms with van der Waals surface area (Å²) in [6, 6.07) is 6.27. The summed E-state index contributed by atoms with van der Waals surface area (Å²) in [6.07, 6.45) is 0.336. The second-order valence-corrected chi connectivity index (χ2v) is 8.33. The van der Waals surface area contributed by atoms with E-state index in [1.54, 1.807) is 5.51 Å². The molecule has 1 aromatic heterocycles. The highest BCUT2D eigenvalue weighted by molar-refractivity contribution is 7.09. The van der Waals surface area contributed by atoms with E-state index in [9.17, 15) is 18.4 Å². The van der Waals surface area contributed by atoms with Crippen molar-refractivity contribution in [3.63, 3.8) is 0 Å². The van der Waals surface area contributed by atoms with E-state index in [2.05, 4.69) is 10.3 Å². The molecular formula is C22H17F4N3O2S. The maximum Gasteiger partial charge on any atom is 0.352 e. The fourth-order valence-electron chi connectivity index (χ4n) is 3.44. The molecule has 32 heavy (non-hydrogen) atoms. The number of anilines is 1. The third-order valence-electron chi connectivity index (χ3n) is 5.22. The molecule has 2 aromatic carbocycles. The fraction of sp³-hybridized carbons (Fsp3) is 0.227. The van der Waals surface area contributed by atoms with Crippen LogP contribution in [0.3, 0.4) is 0 Å². The Hall–Kier alpha value is -3.27. The standard InChI is InChI=1S/C22H17F4N3O2S/c1-12-8-14(3-5-16(12)23)28-20(30)13-2-4-17(24)15(9-13)22(25,26)21(31)29-7-6-18-19(10-29)32-11-27-18/h2-5,8-9,11H,6-7,10H2,1H3,(H,28,30). The molecule has 4 rings (SSSR count). The Morgan fingerprint density at radius 2 is 1.88 bits per heavy atom. The van der Waals surface area contributed by atoms with Crippen LogP contribution in [0.2, 0.25) is 0 Å². The first-order valence-corrected chi connectivity index (χ1v) is 10.5. The van der Waals surface area contributed by atoms with Crippen molar-refractivity contribution >= 4 is 28.8 Å². The molecule has 0 unspecified atom stereocenters. The fourth-order valence-corrected chi connectivity index (χ4v) is 4.27. The maximum absolute atomic E-state index is 15.0. The Morgan fingerprint density at radius 1 is 1.12 bits per heavy atom. The number of carbonyl (C=O) groups excluding carboxylic acids is 2. The van der Waals surface area contributed by atoms with E-state index in [0.717, 1.165) is 28.8 Å². The first-order chi connectivity index (χ1) is 15.2. The van der Waals surface area contributed by atoms with Crippen molar-refractivity contribution in [3.8, 4) is 0 Å². The van der Waals surface area contributed by atoms with E-state index in [1.807, 2.05) is 0 Å². The number of benzene rings is 2. The summed E-state index contributed by atoms with van der Waals surface area (Å²) in [5, 5.41) is 2.45. The predicted octanol–water partition coefficient (Wildman–Crippen LogP) is 4.66. The first-order valence-electron chi connectivity index (χ1n) is 9.63. The Balaban J connectivity index is 1.57. The summed E-state index contributed by atoms with van der Waals surface area (Å²) < 4.78 is 57.8. The predicted molar refractivity (Wildman–Crippen MR) is 111 cm³/mol. The van der Waals surface area contributed by atoms with Gasteiger partial charge in [0.15, 0.2) is 0 Å². The lowest BCUT2D eigenvalue weighted by Gasteiger charge is -2.30. The zero-order valence-electron chi connectivity index (χ0n) is 16.8. The van der Waals surface area contributed by atoms with Crippen LogP contribution in [0.25, 0.3) is 0 Å². The van der Waals surface area contributed by atoms with E-state index in [0.29, 0.717) is 17.4 Å². The summed E-state index contributed by atoms with van der Waals surface area (Å²) in [6.45, 7) is 1.51. The largest absolute Gasteiger partial charge is 0.352 e. The van der Waals surface area contributed by atoms with E-state index < -0.39 is 34.9 Å². The summed E-state index contributed by atoms with van der Waals surface area (Å²) in [5.41, 5.74) is 1.44. The molecule has 0 saturated carbocycles. The van der Waals surface area contributed by atoms with Gasteiger partial charge in [-0.15, -0.1) is 11.3 Å². The van der Waals surface area contributed by atoms with Crippen LogP contribution in [-0.4, -0.2) is 28.2 Å². The third kappa shape index (κ3) is 4.10. The highest BCUT2D eigenvalue weighted by atomic mass is 32.1. The van der Waals surface area contributed by atoms with Crippen LogP contribution in [0, 0.1) is 18.6 Å². The number of hydrogen-bond acceptors (Lipinski definition) is 4. The Morgan fingerprint density at radius 3 is 2.62 bits per heavy atom. The first kappa shape index (κ1) is 21.9. The maximum atomic E-state index is 15.0. The minimum absolute atomic E-state index is 0.0276. The van der Waals surface area contributed by atoms with Gasteiger partial charge in [0.1, 0.15) is 11.6 Å². The van der Waals surface area contributed by atoms with Gasteiger partial charge in [-0.2, -0.15) is 8.78 Å². The van der Waals surface area contributed by atoms with Gasteiger partial charge in [-0.3, -0.25) is 9.59 Å².